The maximum absolute atomic E-state index is 13.5. The van der Waals surface area contributed by atoms with Gasteiger partial charge >= 0.3 is 0 Å². The van der Waals surface area contributed by atoms with Gasteiger partial charge in [-0.3, -0.25) is 4.79 Å². The Labute approximate surface area is 198 Å². The van der Waals surface area contributed by atoms with E-state index in [9.17, 15) is 9.90 Å². The Morgan fingerprint density at radius 3 is 2.58 bits per heavy atom. The molecule has 1 aromatic heterocycles. The van der Waals surface area contributed by atoms with E-state index in [-0.39, 0.29) is 11.5 Å². The van der Waals surface area contributed by atoms with Crippen molar-refractivity contribution in [3.8, 4) is 17.2 Å². The van der Waals surface area contributed by atoms with Crippen molar-refractivity contribution < 1.29 is 14.6 Å². The van der Waals surface area contributed by atoms with Crippen molar-refractivity contribution in [1.82, 2.24) is 4.90 Å². The molecule has 4 nitrogen and oxygen atoms in total. The van der Waals surface area contributed by atoms with Gasteiger partial charge in [0.05, 0.1) is 0 Å². The number of fused-ring (bicyclic) bond motifs is 1. The van der Waals surface area contributed by atoms with Crippen molar-refractivity contribution >= 4 is 27.2 Å². The molecule has 1 saturated heterocycles. The zero-order valence-electron chi connectivity index (χ0n) is 18.9. The van der Waals surface area contributed by atoms with Crippen LogP contribution in [-0.2, 0) is 6.42 Å². The molecule has 0 unspecified atom stereocenters. The second kappa shape index (κ2) is 9.00. The fourth-order valence-electron chi connectivity index (χ4n) is 4.40. The van der Waals surface area contributed by atoms with Crippen molar-refractivity contribution in [3.63, 3.8) is 0 Å². The van der Waals surface area contributed by atoms with Crippen LogP contribution in [-0.4, -0.2) is 35.4 Å². The van der Waals surface area contributed by atoms with Crippen LogP contribution in [0.25, 0.3) is 10.1 Å². The molecule has 3 aromatic carbocycles. The third-order valence-electron chi connectivity index (χ3n) is 6.22. The number of carbonyl (C=O) groups excluding carboxylic acids is 1. The van der Waals surface area contributed by atoms with Gasteiger partial charge in [0.25, 0.3) is 0 Å². The first kappa shape index (κ1) is 21.7. The van der Waals surface area contributed by atoms with Gasteiger partial charge in [0, 0.05) is 35.3 Å². The normalized spacial score (nSPS) is 14.4. The zero-order valence-corrected chi connectivity index (χ0v) is 19.7. The van der Waals surface area contributed by atoms with E-state index in [1.54, 1.807) is 12.1 Å². The molecule has 33 heavy (non-hydrogen) atoms. The average Bonchev–Trinajstić information content (AvgIpc) is 3.14. The number of nitrogens with zero attached hydrogens (tertiary/aromatic N) is 1. The molecule has 0 bridgehead atoms. The Balaban J connectivity index is 1.43. The van der Waals surface area contributed by atoms with Gasteiger partial charge in [0.15, 0.2) is 5.75 Å². The minimum absolute atomic E-state index is 0.0656. The van der Waals surface area contributed by atoms with E-state index in [2.05, 4.69) is 24.0 Å². The van der Waals surface area contributed by atoms with Gasteiger partial charge in [-0.2, -0.15) is 0 Å². The second-order valence-corrected chi connectivity index (χ2v) is 10.00. The summed E-state index contributed by atoms with van der Waals surface area (Å²) in [5.74, 6) is 2.17. The number of rotatable bonds is 7. The highest BCUT2D eigenvalue weighted by atomic mass is 32.1. The Hall–Kier alpha value is -3.15. The molecule has 2 heterocycles. The molecule has 0 saturated carbocycles. The van der Waals surface area contributed by atoms with Crippen molar-refractivity contribution in [2.24, 2.45) is 5.92 Å². The van der Waals surface area contributed by atoms with E-state index >= 15 is 0 Å². The minimum Gasteiger partial charge on any atom is -0.508 e. The number of thiophene rings is 1. The summed E-state index contributed by atoms with van der Waals surface area (Å²) in [6.45, 7) is 7.69. The number of aryl methyl sites for hydroxylation is 1. The van der Waals surface area contributed by atoms with E-state index in [0.717, 1.165) is 34.5 Å². The Morgan fingerprint density at radius 2 is 1.85 bits per heavy atom. The van der Waals surface area contributed by atoms with E-state index in [1.165, 1.54) is 30.0 Å². The van der Waals surface area contributed by atoms with Crippen molar-refractivity contribution in [3.05, 3.63) is 88.3 Å². The molecule has 0 radical (unpaired) electrons. The number of phenols is 1. The first-order valence-corrected chi connectivity index (χ1v) is 12.1. The van der Waals surface area contributed by atoms with Crippen molar-refractivity contribution in [2.45, 2.75) is 20.3 Å². The van der Waals surface area contributed by atoms with Crippen molar-refractivity contribution in [1.29, 1.82) is 0 Å². The van der Waals surface area contributed by atoms with E-state index in [1.807, 2.05) is 49.4 Å². The first-order chi connectivity index (χ1) is 16.0. The standard InChI is InChI=1S/C28H27NO3S/c1-18-16-29(17-18)14-13-20-7-10-22(11-8-20)32-27-24-12-9-21(30)15-25(24)33-28(27)26(31)23-6-4-3-5-19(23)2/h3-12,15,18,30H,13-14,16-17H2,1-2H3. The lowest BCUT2D eigenvalue weighted by Gasteiger charge is -2.37. The van der Waals surface area contributed by atoms with Crippen LogP contribution in [0.5, 0.6) is 17.2 Å². The highest BCUT2D eigenvalue weighted by molar-refractivity contribution is 7.21. The molecule has 0 aliphatic carbocycles. The Bertz CT molecular complexity index is 1300. The number of likely N-dealkylation sites (tertiary alicyclic amines) is 1. The highest BCUT2D eigenvalue weighted by Crippen LogP contribution is 2.42. The van der Waals surface area contributed by atoms with Crippen LogP contribution in [0.15, 0.2) is 66.7 Å². The van der Waals surface area contributed by atoms with Crippen LogP contribution in [0.2, 0.25) is 0 Å². The summed E-state index contributed by atoms with van der Waals surface area (Å²) >= 11 is 1.35. The largest absolute Gasteiger partial charge is 0.508 e. The number of aromatic hydroxyl groups is 1. The topological polar surface area (TPSA) is 49.8 Å². The molecule has 1 fully saturated rings. The van der Waals surface area contributed by atoms with E-state index in [4.69, 9.17) is 4.74 Å². The highest BCUT2D eigenvalue weighted by Gasteiger charge is 2.24. The molecule has 5 rings (SSSR count). The van der Waals surface area contributed by atoms with Crippen LogP contribution in [0.4, 0.5) is 0 Å². The lowest BCUT2D eigenvalue weighted by Crippen LogP contribution is -2.45. The predicted molar refractivity (Wildman–Crippen MR) is 134 cm³/mol. The summed E-state index contributed by atoms with van der Waals surface area (Å²) in [5, 5.41) is 10.8. The lowest BCUT2D eigenvalue weighted by atomic mass is 10.0. The summed E-state index contributed by atoms with van der Waals surface area (Å²) in [7, 11) is 0. The summed E-state index contributed by atoms with van der Waals surface area (Å²) in [4.78, 5) is 16.5. The van der Waals surface area contributed by atoms with Crippen LogP contribution in [0.1, 0.15) is 33.3 Å². The fraction of sp³-hybridized carbons (Fsp3) is 0.250. The molecule has 1 aliphatic heterocycles. The maximum atomic E-state index is 13.5. The van der Waals surface area contributed by atoms with Crippen molar-refractivity contribution in [2.75, 3.05) is 19.6 Å². The van der Waals surface area contributed by atoms with Crippen LogP contribution < -0.4 is 4.74 Å². The minimum atomic E-state index is -0.0656. The van der Waals surface area contributed by atoms with Gasteiger partial charge in [-0.25, -0.2) is 0 Å². The smallest absolute Gasteiger partial charge is 0.207 e. The lowest BCUT2D eigenvalue weighted by molar-refractivity contribution is 0.104. The Morgan fingerprint density at radius 1 is 1.09 bits per heavy atom. The number of carbonyl (C=O) groups is 1. The van der Waals surface area contributed by atoms with Gasteiger partial charge < -0.3 is 14.7 Å². The molecule has 1 N–H and O–H groups in total. The average molecular weight is 458 g/mol. The van der Waals surface area contributed by atoms with Gasteiger partial charge in [-0.05, 0) is 60.7 Å². The molecule has 0 atom stereocenters. The number of benzene rings is 3. The first-order valence-electron chi connectivity index (χ1n) is 11.3. The maximum Gasteiger partial charge on any atom is 0.207 e. The van der Waals surface area contributed by atoms with Crippen LogP contribution in [0, 0.1) is 12.8 Å². The van der Waals surface area contributed by atoms with Gasteiger partial charge in [-0.1, -0.05) is 43.3 Å². The monoisotopic (exact) mass is 457 g/mol. The van der Waals surface area contributed by atoms with Gasteiger partial charge in [-0.15, -0.1) is 11.3 Å². The predicted octanol–water partition coefficient (Wildman–Crippen LogP) is 6.43. The molecule has 1 aliphatic rings. The third-order valence-corrected chi connectivity index (χ3v) is 7.36. The van der Waals surface area contributed by atoms with Crippen LogP contribution in [0.3, 0.4) is 0 Å². The molecule has 0 spiro atoms. The molecular weight excluding hydrogens is 430 g/mol. The fourth-order valence-corrected chi connectivity index (χ4v) is 5.52. The van der Waals surface area contributed by atoms with E-state index < -0.39 is 0 Å². The number of hydrogen-bond acceptors (Lipinski definition) is 5. The summed E-state index contributed by atoms with van der Waals surface area (Å²) in [6, 6.07) is 20.8. The van der Waals surface area contributed by atoms with Gasteiger partial charge in [0.1, 0.15) is 16.4 Å². The summed E-state index contributed by atoms with van der Waals surface area (Å²) < 4.78 is 7.13. The Kier molecular flexibility index (Phi) is 5.92. The SMILES string of the molecule is Cc1ccccc1C(=O)c1sc2cc(O)ccc2c1Oc1ccc(CCN2CC(C)C2)cc1. The van der Waals surface area contributed by atoms with Gasteiger partial charge in [0.2, 0.25) is 5.78 Å². The summed E-state index contributed by atoms with van der Waals surface area (Å²) in [6.07, 6.45) is 1.02. The number of ketones is 1. The second-order valence-electron chi connectivity index (χ2n) is 8.95. The quantitative estimate of drug-likeness (QED) is 0.325. The molecule has 168 valence electrons. The zero-order chi connectivity index (χ0) is 22.9. The van der Waals surface area contributed by atoms with E-state index in [0.29, 0.717) is 21.9 Å². The molecule has 0 amide bonds. The summed E-state index contributed by atoms with van der Waals surface area (Å²) in [5.41, 5.74) is 2.86. The number of ether oxygens (including phenoxy) is 1. The van der Waals surface area contributed by atoms with Crippen LogP contribution >= 0.6 is 11.3 Å². The molecule has 5 heteroatoms. The number of phenolic OH excluding ortho intramolecular Hbond substituents is 1. The molecular formula is C28H27NO3S. The number of hydrogen-bond donors (Lipinski definition) is 1. The molecule has 4 aromatic rings. The third kappa shape index (κ3) is 4.52.